The van der Waals surface area contributed by atoms with E-state index in [1.807, 2.05) is 50.2 Å². The molecule has 0 fully saturated rings. The van der Waals surface area contributed by atoms with E-state index in [0.717, 1.165) is 10.6 Å². The summed E-state index contributed by atoms with van der Waals surface area (Å²) < 4.78 is 0. The Morgan fingerprint density at radius 3 is 2.59 bits per heavy atom. The van der Waals surface area contributed by atoms with Gasteiger partial charge in [-0.05, 0) is 32.6 Å². The molecule has 0 heterocycles. The minimum Gasteiger partial charge on any atom is -0.390 e. The zero-order valence-electron chi connectivity index (χ0n) is 10.7. The average molecular weight is 257 g/mol. The Morgan fingerprint density at radius 2 is 2.00 bits per heavy atom. The first-order valence-corrected chi connectivity index (χ1v) is 6.19. The van der Waals surface area contributed by atoms with Gasteiger partial charge in [-0.25, -0.2) is 0 Å². The Kier molecular flexibility index (Phi) is 5.92. The number of likely N-dealkylation sites (N-methyl/N-ethyl adjacent to an activating group) is 1. The fraction of sp³-hybridized carbons (Fsp3) is 0.538. The monoisotopic (exact) mass is 256 g/mol. The molecule has 2 N–H and O–H groups in total. The molecule has 1 unspecified atom stereocenters. The third kappa shape index (κ3) is 5.04. The first-order chi connectivity index (χ1) is 8.00. The zero-order valence-corrected chi connectivity index (χ0v) is 11.4. The number of aliphatic hydroxyl groups is 1. The van der Waals surface area contributed by atoms with Crippen molar-refractivity contribution in [1.82, 2.24) is 10.2 Å². The number of hydrogen-bond acceptors (Lipinski definition) is 3. The van der Waals surface area contributed by atoms with Crippen molar-refractivity contribution < 1.29 is 5.11 Å². The standard InChI is InChI=1S/C13H21ClN2O/c1-10(12-6-4-5-7-13(12)14)15-8-11(17)9-16(2)3/h4-7,10-11,15,17H,8-9H2,1-3H3/t10-,11?/m1/s1. The zero-order chi connectivity index (χ0) is 12.8. The van der Waals surface area contributed by atoms with Crippen molar-refractivity contribution in [2.75, 3.05) is 27.2 Å². The molecule has 17 heavy (non-hydrogen) atoms. The lowest BCUT2D eigenvalue weighted by Gasteiger charge is -2.20. The van der Waals surface area contributed by atoms with Crippen LogP contribution in [-0.2, 0) is 0 Å². The SMILES string of the molecule is C[C@@H](NCC(O)CN(C)C)c1ccccc1Cl. The van der Waals surface area contributed by atoms with E-state index in [4.69, 9.17) is 11.6 Å². The Bertz CT molecular complexity index is 344. The Hall–Kier alpha value is -0.610. The molecule has 0 spiro atoms. The molecule has 96 valence electrons. The molecule has 3 nitrogen and oxygen atoms in total. The Balaban J connectivity index is 2.45. The van der Waals surface area contributed by atoms with Crippen LogP contribution in [0.15, 0.2) is 24.3 Å². The van der Waals surface area contributed by atoms with Crippen molar-refractivity contribution >= 4 is 11.6 Å². The summed E-state index contributed by atoms with van der Waals surface area (Å²) in [6, 6.07) is 7.90. The van der Waals surface area contributed by atoms with E-state index in [1.165, 1.54) is 0 Å². The fourth-order valence-corrected chi connectivity index (χ4v) is 2.03. The van der Waals surface area contributed by atoms with Gasteiger partial charge in [0.25, 0.3) is 0 Å². The van der Waals surface area contributed by atoms with E-state index in [2.05, 4.69) is 5.32 Å². The molecule has 0 bridgehead atoms. The van der Waals surface area contributed by atoms with Crippen LogP contribution < -0.4 is 5.32 Å². The number of aliphatic hydroxyl groups excluding tert-OH is 1. The van der Waals surface area contributed by atoms with Gasteiger partial charge in [0.05, 0.1) is 6.10 Å². The van der Waals surface area contributed by atoms with E-state index in [0.29, 0.717) is 13.1 Å². The van der Waals surface area contributed by atoms with Crippen LogP contribution in [0.4, 0.5) is 0 Å². The van der Waals surface area contributed by atoms with Gasteiger partial charge in [-0.2, -0.15) is 0 Å². The molecule has 1 aromatic rings. The summed E-state index contributed by atoms with van der Waals surface area (Å²) in [7, 11) is 3.89. The smallest absolute Gasteiger partial charge is 0.0791 e. The largest absolute Gasteiger partial charge is 0.390 e. The quantitative estimate of drug-likeness (QED) is 0.816. The van der Waals surface area contributed by atoms with Gasteiger partial charge in [0, 0.05) is 24.2 Å². The Morgan fingerprint density at radius 1 is 1.35 bits per heavy atom. The van der Waals surface area contributed by atoms with Gasteiger partial charge in [-0.15, -0.1) is 0 Å². The minimum absolute atomic E-state index is 0.139. The van der Waals surface area contributed by atoms with E-state index in [1.54, 1.807) is 0 Å². The van der Waals surface area contributed by atoms with Gasteiger partial charge in [0.2, 0.25) is 0 Å². The summed E-state index contributed by atoms with van der Waals surface area (Å²) >= 11 is 6.11. The van der Waals surface area contributed by atoms with E-state index >= 15 is 0 Å². The van der Waals surface area contributed by atoms with Crippen LogP contribution in [-0.4, -0.2) is 43.3 Å². The molecule has 2 atom stereocenters. The summed E-state index contributed by atoms with van der Waals surface area (Å²) in [5, 5.41) is 13.8. The van der Waals surface area contributed by atoms with Crippen LogP contribution in [0, 0.1) is 0 Å². The first-order valence-electron chi connectivity index (χ1n) is 5.81. The van der Waals surface area contributed by atoms with E-state index in [-0.39, 0.29) is 12.1 Å². The van der Waals surface area contributed by atoms with Crippen molar-refractivity contribution in [3.05, 3.63) is 34.9 Å². The second-order valence-corrected chi connectivity index (χ2v) is 4.97. The fourth-order valence-electron chi connectivity index (χ4n) is 1.74. The predicted molar refractivity (Wildman–Crippen MR) is 72.4 cm³/mol. The molecular formula is C13H21ClN2O. The lowest BCUT2D eigenvalue weighted by molar-refractivity contribution is 0.132. The Labute approximate surface area is 108 Å². The highest BCUT2D eigenvalue weighted by atomic mass is 35.5. The maximum absolute atomic E-state index is 9.75. The molecule has 0 aliphatic heterocycles. The number of nitrogens with zero attached hydrogens (tertiary/aromatic N) is 1. The lowest BCUT2D eigenvalue weighted by atomic mass is 10.1. The van der Waals surface area contributed by atoms with Gasteiger partial charge >= 0.3 is 0 Å². The number of nitrogens with one attached hydrogen (secondary N) is 1. The second-order valence-electron chi connectivity index (χ2n) is 4.57. The number of rotatable bonds is 6. The van der Waals surface area contributed by atoms with Gasteiger partial charge < -0.3 is 15.3 Å². The van der Waals surface area contributed by atoms with Crippen molar-refractivity contribution in [1.29, 1.82) is 0 Å². The van der Waals surface area contributed by atoms with Crippen molar-refractivity contribution in [3.8, 4) is 0 Å². The minimum atomic E-state index is -0.366. The molecule has 0 saturated carbocycles. The molecular weight excluding hydrogens is 236 g/mol. The topological polar surface area (TPSA) is 35.5 Å². The number of benzene rings is 1. The first kappa shape index (κ1) is 14.5. The van der Waals surface area contributed by atoms with Crippen LogP contribution in [0.2, 0.25) is 5.02 Å². The lowest BCUT2D eigenvalue weighted by Crippen LogP contribution is -2.36. The molecule has 1 rings (SSSR count). The molecule has 1 aromatic carbocycles. The maximum Gasteiger partial charge on any atom is 0.0791 e. The molecule has 0 saturated heterocycles. The van der Waals surface area contributed by atoms with Crippen LogP contribution in [0.5, 0.6) is 0 Å². The van der Waals surface area contributed by atoms with Crippen molar-refractivity contribution in [2.24, 2.45) is 0 Å². The molecule has 0 aromatic heterocycles. The third-order valence-corrected chi connectivity index (χ3v) is 2.95. The molecule has 0 aliphatic rings. The molecule has 0 radical (unpaired) electrons. The van der Waals surface area contributed by atoms with Crippen LogP contribution in [0.1, 0.15) is 18.5 Å². The number of hydrogen-bond donors (Lipinski definition) is 2. The summed E-state index contributed by atoms with van der Waals surface area (Å²) in [6.07, 6.45) is -0.366. The summed E-state index contributed by atoms with van der Waals surface area (Å²) in [4.78, 5) is 1.96. The van der Waals surface area contributed by atoms with Crippen LogP contribution in [0.25, 0.3) is 0 Å². The van der Waals surface area contributed by atoms with E-state index in [9.17, 15) is 5.11 Å². The molecule has 0 aliphatic carbocycles. The van der Waals surface area contributed by atoms with Gasteiger partial charge in [0.15, 0.2) is 0 Å². The summed E-state index contributed by atoms with van der Waals surface area (Å²) in [6.45, 7) is 3.26. The highest BCUT2D eigenvalue weighted by Gasteiger charge is 2.11. The van der Waals surface area contributed by atoms with Crippen LogP contribution in [0.3, 0.4) is 0 Å². The summed E-state index contributed by atoms with van der Waals surface area (Å²) in [5.41, 5.74) is 1.06. The third-order valence-electron chi connectivity index (χ3n) is 2.61. The average Bonchev–Trinajstić information content (AvgIpc) is 2.25. The summed E-state index contributed by atoms with van der Waals surface area (Å²) in [5.74, 6) is 0. The molecule has 4 heteroatoms. The molecule has 0 amide bonds. The van der Waals surface area contributed by atoms with Crippen molar-refractivity contribution in [3.63, 3.8) is 0 Å². The highest BCUT2D eigenvalue weighted by Crippen LogP contribution is 2.21. The van der Waals surface area contributed by atoms with Gasteiger partial charge in [-0.3, -0.25) is 0 Å². The normalized spacial score (nSPS) is 14.9. The van der Waals surface area contributed by atoms with Gasteiger partial charge in [-0.1, -0.05) is 29.8 Å². The second kappa shape index (κ2) is 6.97. The van der Waals surface area contributed by atoms with Gasteiger partial charge in [0.1, 0.15) is 0 Å². The highest BCUT2D eigenvalue weighted by molar-refractivity contribution is 6.31. The predicted octanol–water partition coefficient (Wildman–Crippen LogP) is 1.91. The number of halogens is 1. The van der Waals surface area contributed by atoms with Crippen LogP contribution >= 0.6 is 11.6 Å². The maximum atomic E-state index is 9.75. The van der Waals surface area contributed by atoms with E-state index < -0.39 is 0 Å². The van der Waals surface area contributed by atoms with Crippen molar-refractivity contribution in [2.45, 2.75) is 19.1 Å².